The molecule has 1 amide bonds. The van der Waals surface area contributed by atoms with E-state index in [-0.39, 0.29) is 5.91 Å². The van der Waals surface area contributed by atoms with Crippen molar-refractivity contribution in [2.45, 2.75) is 6.42 Å². The van der Waals surface area contributed by atoms with E-state index in [1.165, 1.54) is 0 Å². The second kappa shape index (κ2) is 6.61. The number of halogens is 1. The van der Waals surface area contributed by atoms with Gasteiger partial charge < -0.3 is 16.0 Å². The Bertz CT molecular complexity index is 375. The number of amides is 1. The van der Waals surface area contributed by atoms with Gasteiger partial charge in [-0.25, -0.2) is 0 Å². The first-order valence-corrected chi connectivity index (χ1v) is 6.30. The first kappa shape index (κ1) is 14.0. The fourth-order valence-electron chi connectivity index (χ4n) is 1.55. The summed E-state index contributed by atoms with van der Waals surface area (Å²) >= 11 is 3.33. The van der Waals surface area contributed by atoms with Crippen LogP contribution in [-0.4, -0.2) is 38.0 Å². The molecule has 0 radical (unpaired) electrons. The largest absolute Gasteiger partial charge is 0.399 e. The van der Waals surface area contributed by atoms with Gasteiger partial charge in [0.25, 0.3) is 5.91 Å². The Labute approximate surface area is 110 Å². The van der Waals surface area contributed by atoms with Crippen LogP contribution in [0.25, 0.3) is 0 Å². The zero-order valence-electron chi connectivity index (χ0n) is 10.2. The van der Waals surface area contributed by atoms with Crippen LogP contribution in [0.2, 0.25) is 0 Å². The topological polar surface area (TPSA) is 58.4 Å². The van der Waals surface area contributed by atoms with Gasteiger partial charge in [-0.3, -0.25) is 4.79 Å². The van der Waals surface area contributed by atoms with E-state index in [1.807, 2.05) is 7.05 Å². The van der Waals surface area contributed by atoms with Gasteiger partial charge in [-0.05, 0) is 38.2 Å². The maximum absolute atomic E-state index is 12.1. The molecule has 0 fully saturated rings. The highest BCUT2D eigenvalue weighted by Gasteiger charge is 2.12. The van der Waals surface area contributed by atoms with E-state index in [1.54, 1.807) is 30.1 Å². The maximum atomic E-state index is 12.1. The highest BCUT2D eigenvalue weighted by atomic mass is 79.9. The number of nitrogens with zero attached hydrogens (tertiary/aromatic N) is 1. The summed E-state index contributed by atoms with van der Waals surface area (Å²) in [6, 6.07) is 5.26. The van der Waals surface area contributed by atoms with Crippen LogP contribution in [0.5, 0.6) is 0 Å². The van der Waals surface area contributed by atoms with E-state index < -0.39 is 0 Å². The molecule has 0 saturated carbocycles. The van der Waals surface area contributed by atoms with Gasteiger partial charge in [0, 0.05) is 29.3 Å². The van der Waals surface area contributed by atoms with Crippen LogP contribution < -0.4 is 11.1 Å². The molecule has 0 bridgehead atoms. The molecular formula is C12H18BrN3O. The highest BCUT2D eigenvalue weighted by molar-refractivity contribution is 9.10. The van der Waals surface area contributed by atoms with E-state index in [4.69, 9.17) is 5.73 Å². The average Bonchev–Trinajstić information content (AvgIpc) is 2.27. The van der Waals surface area contributed by atoms with E-state index in [2.05, 4.69) is 21.2 Å². The van der Waals surface area contributed by atoms with E-state index >= 15 is 0 Å². The molecule has 0 unspecified atom stereocenters. The van der Waals surface area contributed by atoms with Gasteiger partial charge in [0.2, 0.25) is 0 Å². The summed E-state index contributed by atoms with van der Waals surface area (Å²) in [5.41, 5.74) is 6.91. The van der Waals surface area contributed by atoms with Gasteiger partial charge in [0.1, 0.15) is 0 Å². The molecule has 1 aromatic carbocycles. The Hall–Kier alpha value is -1.07. The first-order chi connectivity index (χ1) is 8.04. The van der Waals surface area contributed by atoms with Gasteiger partial charge in [-0.2, -0.15) is 0 Å². The van der Waals surface area contributed by atoms with Crippen LogP contribution >= 0.6 is 15.9 Å². The zero-order chi connectivity index (χ0) is 12.8. The quantitative estimate of drug-likeness (QED) is 0.643. The van der Waals surface area contributed by atoms with Gasteiger partial charge in [-0.1, -0.05) is 15.9 Å². The van der Waals surface area contributed by atoms with E-state index in [9.17, 15) is 4.79 Å². The van der Waals surface area contributed by atoms with E-state index in [0.29, 0.717) is 11.3 Å². The van der Waals surface area contributed by atoms with Crippen molar-refractivity contribution in [2.75, 3.05) is 32.9 Å². The minimum atomic E-state index is -0.00546. The lowest BCUT2D eigenvalue weighted by Gasteiger charge is -2.17. The summed E-state index contributed by atoms with van der Waals surface area (Å²) in [7, 11) is 3.70. The molecule has 5 heteroatoms. The smallest absolute Gasteiger partial charge is 0.253 e. The third kappa shape index (κ3) is 4.36. The predicted molar refractivity (Wildman–Crippen MR) is 74.1 cm³/mol. The summed E-state index contributed by atoms with van der Waals surface area (Å²) in [5.74, 6) is -0.00546. The standard InChI is InChI=1S/C12H18BrN3O/c1-15-4-3-5-16(2)12(17)9-6-10(13)8-11(14)7-9/h6-8,15H,3-5,14H2,1-2H3. The average molecular weight is 300 g/mol. The summed E-state index contributed by atoms with van der Waals surface area (Å²) in [6.07, 6.45) is 0.933. The molecule has 0 aliphatic carbocycles. The number of anilines is 1. The fraction of sp³-hybridized carbons (Fsp3) is 0.417. The lowest BCUT2D eigenvalue weighted by atomic mass is 10.2. The van der Waals surface area contributed by atoms with Crippen LogP contribution in [0.3, 0.4) is 0 Å². The fourth-order valence-corrected chi connectivity index (χ4v) is 2.06. The molecule has 0 atom stereocenters. The van der Waals surface area contributed by atoms with Crippen LogP contribution in [0.1, 0.15) is 16.8 Å². The van der Waals surface area contributed by atoms with Crippen molar-refractivity contribution < 1.29 is 4.79 Å². The summed E-state index contributed by atoms with van der Waals surface area (Å²) in [4.78, 5) is 13.8. The summed E-state index contributed by atoms with van der Waals surface area (Å²) < 4.78 is 0.824. The van der Waals surface area contributed by atoms with Crippen molar-refractivity contribution in [1.29, 1.82) is 0 Å². The lowest BCUT2D eigenvalue weighted by molar-refractivity contribution is 0.0793. The summed E-state index contributed by atoms with van der Waals surface area (Å²) in [5, 5.41) is 3.05. The minimum Gasteiger partial charge on any atom is -0.399 e. The van der Waals surface area contributed by atoms with Crippen molar-refractivity contribution >= 4 is 27.5 Å². The molecule has 94 valence electrons. The molecule has 4 nitrogen and oxygen atoms in total. The molecular weight excluding hydrogens is 282 g/mol. The number of nitrogens with two attached hydrogens (primary N) is 1. The van der Waals surface area contributed by atoms with Gasteiger partial charge in [0.15, 0.2) is 0 Å². The first-order valence-electron chi connectivity index (χ1n) is 5.50. The summed E-state index contributed by atoms with van der Waals surface area (Å²) in [6.45, 7) is 1.63. The number of carbonyl (C=O) groups is 1. The monoisotopic (exact) mass is 299 g/mol. The Balaban J connectivity index is 2.68. The lowest BCUT2D eigenvalue weighted by Crippen LogP contribution is -2.29. The van der Waals surface area contributed by atoms with Crippen molar-refractivity contribution in [3.63, 3.8) is 0 Å². The minimum absolute atomic E-state index is 0.00546. The molecule has 3 N–H and O–H groups in total. The van der Waals surface area contributed by atoms with Gasteiger partial charge in [-0.15, -0.1) is 0 Å². The molecule has 1 rings (SSSR count). The molecule has 0 aromatic heterocycles. The number of nitrogen functional groups attached to an aromatic ring is 1. The Morgan fingerprint density at radius 3 is 2.76 bits per heavy atom. The van der Waals surface area contributed by atoms with Crippen LogP contribution in [-0.2, 0) is 0 Å². The second-order valence-electron chi connectivity index (χ2n) is 3.96. The molecule has 0 aliphatic rings. The Morgan fingerprint density at radius 1 is 1.47 bits per heavy atom. The third-order valence-electron chi connectivity index (χ3n) is 2.43. The normalized spacial score (nSPS) is 10.3. The predicted octanol–water partition coefficient (Wildman–Crippen LogP) is 1.71. The van der Waals surface area contributed by atoms with Crippen molar-refractivity contribution in [2.24, 2.45) is 0 Å². The highest BCUT2D eigenvalue weighted by Crippen LogP contribution is 2.18. The Morgan fingerprint density at radius 2 is 2.18 bits per heavy atom. The molecule has 0 saturated heterocycles. The molecule has 0 spiro atoms. The van der Waals surface area contributed by atoms with Crippen molar-refractivity contribution in [3.05, 3.63) is 28.2 Å². The second-order valence-corrected chi connectivity index (χ2v) is 4.87. The number of benzene rings is 1. The molecule has 17 heavy (non-hydrogen) atoms. The molecule has 1 aromatic rings. The zero-order valence-corrected chi connectivity index (χ0v) is 11.8. The van der Waals surface area contributed by atoms with E-state index in [0.717, 1.165) is 24.0 Å². The number of nitrogens with one attached hydrogen (secondary N) is 1. The SMILES string of the molecule is CNCCCN(C)C(=O)c1cc(N)cc(Br)c1. The molecule has 0 heterocycles. The number of hydrogen-bond acceptors (Lipinski definition) is 3. The van der Waals surface area contributed by atoms with Crippen LogP contribution in [0.4, 0.5) is 5.69 Å². The number of hydrogen-bond donors (Lipinski definition) is 2. The third-order valence-corrected chi connectivity index (χ3v) is 2.89. The van der Waals surface area contributed by atoms with Crippen molar-refractivity contribution in [1.82, 2.24) is 10.2 Å². The van der Waals surface area contributed by atoms with Crippen LogP contribution in [0, 0.1) is 0 Å². The van der Waals surface area contributed by atoms with Crippen LogP contribution in [0.15, 0.2) is 22.7 Å². The molecule has 0 aliphatic heterocycles. The maximum Gasteiger partial charge on any atom is 0.253 e. The van der Waals surface area contributed by atoms with Gasteiger partial charge in [0.05, 0.1) is 0 Å². The Kier molecular flexibility index (Phi) is 5.44. The number of carbonyl (C=O) groups excluding carboxylic acids is 1. The number of rotatable bonds is 5. The van der Waals surface area contributed by atoms with Crippen molar-refractivity contribution in [3.8, 4) is 0 Å². The van der Waals surface area contributed by atoms with Gasteiger partial charge >= 0.3 is 0 Å².